The van der Waals surface area contributed by atoms with E-state index in [2.05, 4.69) is 20.7 Å². The molecule has 0 bridgehead atoms. The van der Waals surface area contributed by atoms with Gasteiger partial charge in [0, 0.05) is 10.0 Å². The number of anilines is 1. The zero-order valence-electron chi connectivity index (χ0n) is 11.2. The summed E-state index contributed by atoms with van der Waals surface area (Å²) < 4.78 is 32.4. The fourth-order valence-corrected chi connectivity index (χ4v) is 2.88. The number of halogens is 1. The molecule has 0 spiro atoms. The first-order valence-corrected chi connectivity index (χ1v) is 8.78. The summed E-state index contributed by atoms with van der Waals surface area (Å²) >= 11 is 8.21. The first-order valence-electron chi connectivity index (χ1n) is 5.93. The lowest BCUT2D eigenvalue weighted by Crippen LogP contribution is -2.23. The van der Waals surface area contributed by atoms with Crippen LogP contribution in [0.5, 0.6) is 0 Å². The van der Waals surface area contributed by atoms with E-state index in [-0.39, 0.29) is 23.5 Å². The Hall–Kier alpha value is -0.700. The van der Waals surface area contributed by atoms with Crippen LogP contribution >= 0.6 is 28.1 Å². The Morgan fingerprint density at radius 3 is 2.70 bits per heavy atom. The van der Waals surface area contributed by atoms with Gasteiger partial charge in [-0.3, -0.25) is 4.72 Å². The molecule has 0 radical (unpaired) electrons. The molecule has 3 N–H and O–H groups in total. The van der Waals surface area contributed by atoms with Gasteiger partial charge in [-0.1, -0.05) is 28.1 Å². The van der Waals surface area contributed by atoms with E-state index >= 15 is 0 Å². The van der Waals surface area contributed by atoms with Gasteiger partial charge in [0.2, 0.25) is 10.0 Å². The molecule has 0 fully saturated rings. The number of benzene rings is 1. The maximum absolute atomic E-state index is 12.0. The molecule has 0 heterocycles. The number of thiocarbonyl (C=S) groups is 1. The molecule has 112 valence electrons. The quantitative estimate of drug-likeness (QED) is 0.708. The third-order valence-electron chi connectivity index (χ3n) is 2.32. The third kappa shape index (κ3) is 5.74. The predicted molar refractivity (Wildman–Crippen MR) is 88.5 cm³/mol. The van der Waals surface area contributed by atoms with Crippen LogP contribution in [0.4, 0.5) is 5.69 Å². The number of rotatable bonds is 7. The van der Waals surface area contributed by atoms with Crippen LogP contribution < -0.4 is 10.5 Å². The molecule has 0 aliphatic rings. The van der Waals surface area contributed by atoms with Crippen LogP contribution in [0.25, 0.3) is 0 Å². The summed E-state index contributed by atoms with van der Waals surface area (Å²) in [6.45, 7) is 3.82. The second-order valence-electron chi connectivity index (χ2n) is 4.39. The van der Waals surface area contributed by atoms with Gasteiger partial charge in [0.25, 0.3) is 0 Å². The minimum Gasteiger partial charge on any atom is -0.389 e. The second-order valence-corrected chi connectivity index (χ2v) is 7.59. The largest absolute Gasteiger partial charge is 0.389 e. The summed E-state index contributed by atoms with van der Waals surface area (Å²) in [6, 6.07) is 4.99. The molecule has 0 amide bonds. The average Bonchev–Trinajstić information content (AvgIpc) is 2.30. The van der Waals surface area contributed by atoms with E-state index in [0.29, 0.717) is 11.3 Å². The lowest BCUT2D eigenvalue weighted by atomic mass is 10.2. The van der Waals surface area contributed by atoms with E-state index in [4.69, 9.17) is 22.7 Å². The molecular formula is C12H17BrN2O3S2. The molecule has 20 heavy (non-hydrogen) atoms. The minimum atomic E-state index is -3.50. The molecule has 0 aliphatic heterocycles. The molecule has 5 nitrogen and oxygen atoms in total. The fraction of sp³-hybridized carbons (Fsp3) is 0.417. The van der Waals surface area contributed by atoms with Crippen LogP contribution in [0.1, 0.15) is 19.4 Å². The van der Waals surface area contributed by atoms with Crippen molar-refractivity contribution in [2.75, 3.05) is 17.1 Å². The smallest absolute Gasteiger partial charge is 0.235 e. The maximum atomic E-state index is 12.0. The van der Waals surface area contributed by atoms with E-state index in [9.17, 15) is 8.42 Å². The Labute approximate surface area is 133 Å². The van der Waals surface area contributed by atoms with Crippen LogP contribution in [-0.4, -0.2) is 31.9 Å². The molecule has 1 rings (SSSR count). The van der Waals surface area contributed by atoms with Gasteiger partial charge in [0.05, 0.1) is 24.2 Å². The highest BCUT2D eigenvalue weighted by molar-refractivity contribution is 9.10. The number of sulfonamides is 1. The first-order chi connectivity index (χ1) is 9.21. The zero-order chi connectivity index (χ0) is 15.3. The van der Waals surface area contributed by atoms with Gasteiger partial charge in [-0.2, -0.15) is 0 Å². The van der Waals surface area contributed by atoms with Gasteiger partial charge in [-0.25, -0.2) is 8.42 Å². The van der Waals surface area contributed by atoms with Crippen molar-refractivity contribution < 1.29 is 13.2 Å². The van der Waals surface area contributed by atoms with Crippen molar-refractivity contribution in [2.24, 2.45) is 5.73 Å². The van der Waals surface area contributed by atoms with Crippen molar-refractivity contribution in [3.63, 3.8) is 0 Å². The fourth-order valence-electron chi connectivity index (χ4n) is 1.42. The van der Waals surface area contributed by atoms with Gasteiger partial charge in [0.15, 0.2) is 0 Å². The predicted octanol–water partition coefficient (Wildman–Crippen LogP) is 2.25. The molecule has 0 atom stereocenters. The molecule has 1 aromatic carbocycles. The van der Waals surface area contributed by atoms with Gasteiger partial charge in [-0.05, 0) is 32.0 Å². The van der Waals surface area contributed by atoms with Crippen molar-refractivity contribution in [2.45, 2.75) is 20.0 Å². The summed E-state index contributed by atoms with van der Waals surface area (Å²) in [7, 11) is -3.50. The molecule has 0 aromatic heterocycles. The average molecular weight is 381 g/mol. The molecule has 1 aromatic rings. The van der Waals surface area contributed by atoms with Crippen LogP contribution in [-0.2, 0) is 14.8 Å². The van der Waals surface area contributed by atoms with Crippen molar-refractivity contribution in [1.29, 1.82) is 0 Å². The number of hydrogen-bond donors (Lipinski definition) is 2. The lowest BCUT2D eigenvalue weighted by Gasteiger charge is -2.13. The number of ether oxygens (including phenoxy) is 1. The standard InChI is InChI=1S/C12H17BrN2O3S2/c1-8(2)18-5-6-20(16,17)15-11-4-3-9(13)7-10(11)12(14)19/h3-4,7-8,15H,5-6H2,1-2H3,(H2,14,19). The summed E-state index contributed by atoms with van der Waals surface area (Å²) in [5, 5.41) is 0. The molecular weight excluding hydrogens is 364 g/mol. The Bertz CT molecular complexity index is 588. The Morgan fingerprint density at radius 2 is 2.15 bits per heavy atom. The van der Waals surface area contributed by atoms with E-state index in [1.165, 1.54) is 0 Å². The van der Waals surface area contributed by atoms with Crippen LogP contribution in [0.2, 0.25) is 0 Å². The number of nitrogens with one attached hydrogen (secondary N) is 1. The van der Waals surface area contributed by atoms with Crippen LogP contribution in [0.15, 0.2) is 22.7 Å². The topological polar surface area (TPSA) is 81.4 Å². The minimum absolute atomic E-state index is 0.00920. The zero-order valence-corrected chi connectivity index (χ0v) is 14.4. The SMILES string of the molecule is CC(C)OCCS(=O)(=O)Nc1ccc(Br)cc1C(N)=S. The molecule has 8 heteroatoms. The highest BCUT2D eigenvalue weighted by Gasteiger charge is 2.14. The summed E-state index contributed by atoms with van der Waals surface area (Å²) in [5.41, 5.74) is 6.43. The summed E-state index contributed by atoms with van der Waals surface area (Å²) in [5.74, 6) is -0.127. The highest BCUT2D eigenvalue weighted by Crippen LogP contribution is 2.22. The number of nitrogens with two attached hydrogens (primary N) is 1. The van der Waals surface area contributed by atoms with E-state index in [1.807, 2.05) is 13.8 Å². The normalized spacial score (nSPS) is 11.6. The molecule has 0 saturated heterocycles. The molecule has 0 aliphatic carbocycles. The first kappa shape index (κ1) is 17.4. The maximum Gasteiger partial charge on any atom is 0.235 e. The van der Waals surface area contributed by atoms with Gasteiger partial charge in [-0.15, -0.1) is 0 Å². The van der Waals surface area contributed by atoms with Gasteiger partial charge >= 0.3 is 0 Å². The molecule has 0 unspecified atom stereocenters. The van der Waals surface area contributed by atoms with Crippen molar-refractivity contribution >= 4 is 48.8 Å². The Morgan fingerprint density at radius 1 is 1.50 bits per heavy atom. The van der Waals surface area contributed by atoms with Crippen LogP contribution in [0.3, 0.4) is 0 Å². The lowest BCUT2D eigenvalue weighted by molar-refractivity contribution is 0.0913. The van der Waals surface area contributed by atoms with E-state index < -0.39 is 10.0 Å². The van der Waals surface area contributed by atoms with Gasteiger partial charge in [0.1, 0.15) is 4.99 Å². The Kier molecular flexibility index (Phi) is 6.38. The monoisotopic (exact) mass is 380 g/mol. The van der Waals surface area contributed by atoms with Crippen molar-refractivity contribution in [3.05, 3.63) is 28.2 Å². The van der Waals surface area contributed by atoms with Crippen molar-refractivity contribution in [3.8, 4) is 0 Å². The van der Waals surface area contributed by atoms with E-state index in [0.717, 1.165) is 4.47 Å². The molecule has 0 saturated carbocycles. The van der Waals surface area contributed by atoms with Gasteiger partial charge < -0.3 is 10.5 Å². The van der Waals surface area contributed by atoms with Crippen LogP contribution in [0, 0.1) is 0 Å². The van der Waals surface area contributed by atoms with E-state index in [1.54, 1.807) is 18.2 Å². The summed E-state index contributed by atoms with van der Waals surface area (Å²) in [4.78, 5) is 0.127. The summed E-state index contributed by atoms with van der Waals surface area (Å²) in [6.07, 6.45) is -0.00920. The number of hydrogen-bond acceptors (Lipinski definition) is 4. The third-order valence-corrected chi connectivity index (χ3v) is 4.26. The van der Waals surface area contributed by atoms with Crippen molar-refractivity contribution in [1.82, 2.24) is 0 Å². The highest BCUT2D eigenvalue weighted by atomic mass is 79.9. The Balaban J connectivity index is 2.84. The second kappa shape index (κ2) is 7.35.